The van der Waals surface area contributed by atoms with Crippen molar-refractivity contribution in [2.24, 2.45) is 5.92 Å². The van der Waals surface area contributed by atoms with Gasteiger partial charge in [0.05, 0.1) is 12.6 Å². The first-order valence-electron chi connectivity index (χ1n) is 7.20. The van der Waals surface area contributed by atoms with E-state index in [1.807, 2.05) is 0 Å². The molecular weight excluding hydrogens is 244 g/mol. The van der Waals surface area contributed by atoms with Crippen LogP contribution >= 0.6 is 0 Å². The standard InChI is InChI=1S/C13H22N4O2/c18-9-10-6-16(7-11(10)19)8-13-15-14-12-4-2-1-3-5-17(12)13/h10-11,18-19H,1-9H2. The summed E-state index contributed by atoms with van der Waals surface area (Å²) in [5.74, 6) is 2.08. The summed E-state index contributed by atoms with van der Waals surface area (Å²) in [4.78, 5) is 2.16. The van der Waals surface area contributed by atoms with E-state index >= 15 is 0 Å². The maximum absolute atomic E-state index is 9.83. The molecular formula is C13H22N4O2. The summed E-state index contributed by atoms with van der Waals surface area (Å²) in [5.41, 5.74) is 0. The van der Waals surface area contributed by atoms with E-state index in [2.05, 4.69) is 19.7 Å². The minimum absolute atomic E-state index is 0.0217. The molecule has 0 spiro atoms. The topological polar surface area (TPSA) is 74.4 Å². The van der Waals surface area contributed by atoms with Crippen LogP contribution in [0.25, 0.3) is 0 Å². The molecule has 3 heterocycles. The van der Waals surface area contributed by atoms with E-state index in [1.54, 1.807) is 0 Å². The molecule has 1 saturated heterocycles. The van der Waals surface area contributed by atoms with E-state index in [0.717, 1.165) is 37.7 Å². The van der Waals surface area contributed by atoms with Crippen LogP contribution in [0.15, 0.2) is 0 Å². The largest absolute Gasteiger partial charge is 0.396 e. The molecule has 0 radical (unpaired) electrons. The fraction of sp³-hybridized carbons (Fsp3) is 0.846. The Hall–Kier alpha value is -0.980. The monoisotopic (exact) mass is 266 g/mol. The van der Waals surface area contributed by atoms with Gasteiger partial charge < -0.3 is 14.8 Å². The third-order valence-electron chi connectivity index (χ3n) is 4.27. The van der Waals surface area contributed by atoms with Crippen molar-refractivity contribution in [3.05, 3.63) is 11.6 Å². The Morgan fingerprint density at radius 2 is 2.05 bits per heavy atom. The average Bonchev–Trinajstić information content (AvgIpc) is 2.85. The van der Waals surface area contributed by atoms with Gasteiger partial charge in [-0.1, -0.05) is 6.42 Å². The number of nitrogens with zero attached hydrogens (tertiary/aromatic N) is 4. The molecule has 0 aliphatic carbocycles. The van der Waals surface area contributed by atoms with Crippen LogP contribution in [0, 0.1) is 5.92 Å². The smallest absolute Gasteiger partial charge is 0.147 e. The van der Waals surface area contributed by atoms with Crippen LogP contribution in [0.4, 0.5) is 0 Å². The van der Waals surface area contributed by atoms with E-state index in [-0.39, 0.29) is 12.5 Å². The predicted octanol–water partition coefficient (Wildman–Crippen LogP) is -0.211. The third kappa shape index (κ3) is 2.66. The van der Waals surface area contributed by atoms with Crippen LogP contribution < -0.4 is 0 Å². The molecule has 3 rings (SSSR count). The van der Waals surface area contributed by atoms with Crippen molar-refractivity contribution in [3.63, 3.8) is 0 Å². The van der Waals surface area contributed by atoms with Crippen LogP contribution in [0.3, 0.4) is 0 Å². The molecule has 0 amide bonds. The Bertz CT molecular complexity index is 434. The first kappa shape index (κ1) is 13.0. The highest BCUT2D eigenvalue weighted by atomic mass is 16.3. The molecule has 6 heteroatoms. The van der Waals surface area contributed by atoms with Crippen molar-refractivity contribution < 1.29 is 10.2 Å². The Morgan fingerprint density at radius 3 is 2.84 bits per heavy atom. The van der Waals surface area contributed by atoms with Crippen molar-refractivity contribution >= 4 is 0 Å². The Morgan fingerprint density at radius 1 is 1.16 bits per heavy atom. The zero-order chi connectivity index (χ0) is 13.2. The van der Waals surface area contributed by atoms with Gasteiger partial charge >= 0.3 is 0 Å². The molecule has 1 aromatic heterocycles. The lowest BCUT2D eigenvalue weighted by molar-refractivity contribution is 0.103. The molecule has 2 N–H and O–H groups in total. The van der Waals surface area contributed by atoms with Crippen LogP contribution in [-0.4, -0.2) is 55.7 Å². The van der Waals surface area contributed by atoms with Crippen molar-refractivity contribution in [2.45, 2.75) is 44.9 Å². The number of β-amino-alcohol motifs (C(OH)–C–C–N with tert-alkyl or cyclic N) is 1. The van der Waals surface area contributed by atoms with Gasteiger partial charge in [0.2, 0.25) is 0 Å². The molecule has 2 aliphatic rings. The van der Waals surface area contributed by atoms with Crippen LogP contribution in [0.5, 0.6) is 0 Å². The summed E-state index contributed by atoms with van der Waals surface area (Å²) in [7, 11) is 0. The number of fused-ring (bicyclic) bond motifs is 1. The molecule has 2 atom stereocenters. The predicted molar refractivity (Wildman–Crippen MR) is 69.4 cm³/mol. The van der Waals surface area contributed by atoms with Gasteiger partial charge in [0.1, 0.15) is 11.6 Å². The second-order valence-corrected chi connectivity index (χ2v) is 5.70. The lowest BCUT2D eigenvalue weighted by atomic mass is 10.1. The zero-order valence-corrected chi connectivity index (χ0v) is 11.2. The number of likely N-dealkylation sites (tertiary alicyclic amines) is 1. The molecule has 2 unspecified atom stereocenters. The zero-order valence-electron chi connectivity index (χ0n) is 11.2. The molecule has 0 aromatic carbocycles. The van der Waals surface area contributed by atoms with E-state index in [9.17, 15) is 10.2 Å². The summed E-state index contributed by atoms with van der Waals surface area (Å²) < 4.78 is 2.24. The Kier molecular flexibility index (Phi) is 3.81. The highest BCUT2D eigenvalue weighted by Gasteiger charge is 2.31. The van der Waals surface area contributed by atoms with E-state index < -0.39 is 6.10 Å². The SMILES string of the molecule is OCC1CN(Cc2nnc3n2CCCCC3)CC1O. The van der Waals surface area contributed by atoms with Gasteiger partial charge in [0.15, 0.2) is 0 Å². The van der Waals surface area contributed by atoms with Crippen LogP contribution in [-0.2, 0) is 19.5 Å². The molecule has 6 nitrogen and oxygen atoms in total. The fourth-order valence-corrected chi connectivity index (χ4v) is 3.11. The van der Waals surface area contributed by atoms with Gasteiger partial charge in [-0.2, -0.15) is 0 Å². The van der Waals surface area contributed by atoms with Crippen molar-refractivity contribution in [1.82, 2.24) is 19.7 Å². The lowest BCUT2D eigenvalue weighted by Gasteiger charge is -2.15. The van der Waals surface area contributed by atoms with Crippen molar-refractivity contribution in [1.29, 1.82) is 0 Å². The molecule has 1 aromatic rings. The Balaban J connectivity index is 1.69. The van der Waals surface area contributed by atoms with Gasteiger partial charge in [-0.3, -0.25) is 4.90 Å². The maximum atomic E-state index is 9.83. The molecule has 0 saturated carbocycles. The lowest BCUT2D eigenvalue weighted by Crippen LogP contribution is -2.24. The van der Waals surface area contributed by atoms with Gasteiger partial charge in [-0.15, -0.1) is 10.2 Å². The minimum atomic E-state index is -0.420. The number of hydrogen-bond acceptors (Lipinski definition) is 5. The maximum Gasteiger partial charge on any atom is 0.147 e. The van der Waals surface area contributed by atoms with Crippen molar-refractivity contribution in [2.75, 3.05) is 19.7 Å². The molecule has 2 aliphatic heterocycles. The summed E-state index contributed by atoms with van der Waals surface area (Å²) in [5, 5.41) is 27.6. The molecule has 1 fully saturated rings. The van der Waals surface area contributed by atoms with E-state index in [1.165, 1.54) is 19.3 Å². The number of aryl methyl sites for hydroxylation is 1. The van der Waals surface area contributed by atoms with Gasteiger partial charge in [-0.05, 0) is 12.8 Å². The van der Waals surface area contributed by atoms with Gasteiger partial charge in [-0.25, -0.2) is 0 Å². The van der Waals surface area contributed by atoms with Gasteiger partial charge in [0.25, 0.3) is 0 Å². The second-order valence-electron chi connectivity index (χ2n) is 5.70. The van der Waals surface area contributed by atoms with Crippen molar-refractivity contribution in [3.8, 4) is 0 Å². The number of aliphatic hydroxyl groups is 2. The van der Waals surface area contributed by atoms with Crippen LogP contribution in [0.1, 0.15) is 30.9 Å². The first-order valence-corrected chi connectivity index (χ1v) is 7.20. The number of aromatic nitrogens is 3. The summed E-state index contributed by atoms with van der Waals surface area (Å²) in [6, 6.07) is 0. The van der Waals surface area contributed by atoms with Crippen LogP contribution in [0.2, 0.25) is 0 Å². The average molecular weight is 266 g/mol. The van der Waals surface area contributed by atoms with Gasteiger partial charge in [0, 0.05) is 38.6 Å². The quantitative estimate of drug-likeness (QED) is 0.792. The molecule has 19 heavy (non-hydrogen) atoms. The highest BCUT2D eigenvalue weighted by Crippen LogP contribution is 2.20. The second kappa shape index (κ2) is 5.56. The molecule has 0 bridgehead atoms. The minimum Gasteiger partial charge on any atom is -0.396 e. The van der Waals surface area contributed by atoms with E-state index in [4.69, 9.17) is 0 Å². The highest BCUT2D eigenvalue weighted by molar-refractivity contribution is 4.99. The third-order valence-corrected chi connectivity index (χ3v) is 4.27. The number of hydrogen-bond donors (Lipinski definition) is 2. The number of aliphatic hydroxyl groups excluding tert-OH is 2. The summed E-state index contributed by atoms with van der Waals surface area (Å²) >= 11 is 0. The molecule has 106 valence electrons. The fourth-order valence-electron chi connectivity index (χ4n) is 3.11. The number of rotatable bonds is 3. The first-order chi connectivity index (χ1) is 9.28. The Labute approximate surface area is 113 Å². The summed E-state index contributed by atoms with van der Waals surface area (Å²) in [6.45, 7) is 3.14. The summed E-state index contributed by atoms with van der Waals surface area (Å²) in [6.07, 6.45) is 4.26. The van der Waals surface area contributed by atoms with E-state index in [0.29, 0.717) is 6.54 Å². The normalized spacial score (nSPS) is 28.3.